The smallest absolute Gasteiger partial charge is 0.108 e. The Kier molecular flexibility index (Phi) is 2.25. The van der Waals surface area contributed by atoms with Gasteiger partial charge in [-0.2, -0.15) is 0 Å². The third kappa shape index (κ3) is 1.15. The summed E-state index contributed by atoms with van der Waals surface area (Å²) in [6, 6.07) is -0.364. The molecule has 0 aromatic heterocycles. The van der Waals surface area contributed by atoms with Crippen LogP contribution in [0.2, 0.25) is 0 Å². The second-order valence-corrected chi connectivity index (χ2v) is 2.63. The summed E-state index contributed by atoms with van der Waals surface area (Å²) < 4.78 is 5.11. The normalized spacial score (nSPS) is 48.0. The minimum atomic E-state index is -0.722. The van der Waals surface area contributed by atoms with Crippen LogP contribution in [0.15, 0.2) is 0 Å². The highest BCUT2D eigenvalue weighted by Crippen LogP contribution is 2.18. The van der Waals surface area contributed by atoms with Crippen molar-refractivity contribution in [3.05, 3.63) is 0 Å². The van der Waals surface area contributed by atoms with Crippen molar-refractivity contribution in [2.75, 3.05) is 6.61 Å². The molecule has 0 bridgehead atoms. The van der Waals surface area contributed by atoms with Crippen LogP contribution in [0.3, 0.4) is 0 Å². The Morgan fingerprint density at radius 1 is 1.60 bits per heavy atom. The minimum absolute atomic E-state index is 0.160. The average molecular weight is 147 g/mol. The molecule has 0 radical (unpaired) electrons. The largest absolute Gasteiger partial charge is 0.394 e. The van der Waals surface area contributed by atoms with Gasteiger partial charge < -0.3 is 20.7 Å². The summed E-state index contributed by atoms with van der Waals surface area (Å²) in [5.74, 6) is 0. The SMILES string of the molecule is CC1OC(CO)C(O)C1N. The molecule has 1 aliphatic rings. The second kappa shape index (κ2) is 2.84. The number of ether oxygens (including phenoxy) is 1. The summed E-state index contributed by atoms with van der Waals surface area (Å²) in [6.07, 6.45) is -1.38. The minimum Gasteiger partial charge on any atom is -0.394 e. The van der Waals surface area contributed by atoms with Crippen LogP contribution < -0.4 is 5.73 Å². The summed E-state index contributed by atoms with van der Waals surface area (Å²) in [5, 5.41) is 17.8. The lowest BCUT2D eigenvalue weighted by molar-refractivity contribution is -0.0170. The molecule has 4 atom stereocenters. The van der Waals surface area contributed by atoms with E-state index in [0.29, 0.717) is 0 Å². The molecule has 4 heteroatoms. The lowest BCUT2D eigenvalue weighted by Gasteiger charge is -2.11. The molecule has 0 saturated carbocycles. The molecule has 0 aliphatic carbocycles. The standard InChI is InChI=1S/C6H13NO3/c1-3-5(7)6(9)4(2-8)10-3/h3-6,8-9H,2,7H2,1H3. The van der Waals surface area contributed by atoms with Crippen LogP contribution in [0.25, 0.3) is 0 Å². The van der Waals surface area contributed by atoms with Crippen LogP contribution in [0.5, 0.6) is 0 Å². The first-order valence-corrected chi connectivity index (χ1v) is 3.36. The first kappa shape index (κ1) is 7.94. The molecule has 1 fully saturated rings. The molecule has 10 heavy (non-hydrogen) atoms. The van der Waals surface area contributed by atoms with Gasteiger partial charge in [0.2, 0.25) is 0 Å². The zero-order valence-electron chi connectivity index (χ0n) is 5.90. The average Bonchev–Trinajstić information content (AvgIpc) is 2.17. The zero-order chi connectivity index (χ0) is 7.72. The van der Waals surface area contributed by atoms with Crippen molar-refractivity contribution in [2.45, 2.75) is 31.3 Å². The lowest BCUT2D eigenvalue weighted by Crippen LogP contribution is -2.40. The summed E-state index contributed by atoms with van der Waals surface area (Å²) in [5.41, 5.74) is 5.50. The van der Waals surface area contributed by atoms with Crippen molar-refractivity contribution in [3.63, 3.8) is 0 Å². The van der Waals surface area contributed by atoms with Crippen molar-refractivity contribution < 1.29 is 14.9 Å². The summed E-state index contributed by atoms with van der Waals surface area (Å²) in [7, 11) is 0. The summed E-state index contributed by atoms with van der Waals surface area (Å²) in [4.78, 5) is 0. The Balaban J connectivity index is 2.53. The van der Waals surface area contributed by atoms with Gasteiger partial charge in [-0.3, -0.25) is 0 Å². The number of nitrogens with two attached hydrogens (primary N) is 1. The van der Waals surface area contributed by atoms with Gasteiger partial charge in [-0.25, -0.2) is 0 Å². The van der Waals surface area contributed by atoms with Crippen LogP contribution in [0.1, 0.15) is 6.92 Å². The summed E-state index contributed by atoms with van der Waals surface area (Å²) >= 11 is 0. The molecule has 1 saturated heterocycles. The molecule has 0 aromatic rings. The monoisotopic (exact) mass is 147 g/mol. The molecule has 0 spiro atoms. The molecule has 60 valence electrons. The topological polar surface area (TPSA) is 75.7 Å². The van der Waals surface area contributed by atoms with Gasteiger partial charge in [0, 0.05) is 0 Å². The van der Waals surface area contributed by atoms with Crippen LogP contribution in [0.4, 0.5) is 0 Å². The fraction of sp³-hybridized carbons (Fsp3) is 1.00. The number of aliphatic hydroxyl groups excluding tert-OH is 2. The van der Waals surface area contributed by atoms with E-state index >= 15 is 0 Å². The Morgan fingerprint density at radius 2 is 2.20 bits per heavy atom. The number of hydrogen-bond donors (Lipinski definition) is 3. The molecule has 4 unspecified atom stereocenters. The number of hydrogen-bond acceptors (Lipinski definition) is 4. The van der Waals surface area contributed by atoms with Gasteiger partial charge in [-0.15, -0.1) is 0 Å². The maximum Gasteiger partial charge on any atom is 0.108 e. The van der Waals surface area contributed by atoms with Crippen LogP contribution >= 0.6 is 0 Å². The van der Waals surface area contributed by atoms with E-state index < -0.39 is 12.2 Å². The molecular weight excluding hydrogens is 134 g/mol. The predicted octanol–water partition coefficient (Wildman–Crippen LogP) is -1.55. The molecular formula is C6H13NO3. The summed E-state index contributed by atoms with van der Waals surface area (Å²) in [6.45, 7) is 1.61. The molecule has 1 heterocycles. The Bertz CT molecular complexity index is 120. The van der Waals surface area contributed by atoms with Gasteiger partial charge in [-0.05, 0) is 6.92 Å². The predicted molar refractivity (Wildman–Crippen MR) is 35.4 cm³/mol. The first-order chi connectivity index (χ1) is 4.66. The van der Waals surface area contributed by atoms with Crippen molar-refractivity contribution in [2.24, 2.45) is 5.73 Å². The highest BCUT2D eigenvalue weighted by atomic mass is 16.5. The zero-order valence-corrected chi connectivity index (χ0v) is 5.90. The van der Waals surface area contributed by atoms with E-state index in [9.17, 15) is 5.11 Å². The van der Waals surface area contributed by atoms with Crippen LogP contribution in [-0.4, -0.2) is 41.2 Å². The van der Waals surface area contributed by atoms with E-state index in [-0.39, 0.29) is 18.8 Å². The Labute approximate surface area is 59.6 Å². The maximum atomic E-state index is 9.22. The van der Waals surface area contributed by atoms with Crippen molar-refractivity contribution in [1.29, 1.82) is 0 Å². The van der Waals surface area contributed by atoms with Gasteiger partial charge in [0.25, 0.3) is 0 Å². The van der Waals surface area contributed by atoms with Crippen molar-refractivity contribution in [3.8, 4) is 0 Å². The van der Waals surface area contributed by atoms with Crippen molar-refractivity contribution in [1.82, 2.24) is 0 Å². The van der Waals surface area contributed by atoms with Gasteiger partial charge in [0.15, 0.2) is 0 Å². The van der Waals surface area contributed by atoms with Crippen molar-refractivity contribution >= 4 is 0 Å². The van der Waals surface area contributed by atoms with E-state index in [1.165, 1.54) is 0 Å². The molecule has 4 N–H and O–H groups in total. The lowest BCUT2D eigenvalue weighted by atomic mass is 10.1. The van der Waals surface area contributed by atoms with E-state index in [2.05, 4.69) is 0 Å². The third-order valence-corrected chi connectivity index (χ3v) is 1.89. The Morgan fingerprint density at radius 3 is 2.40 bits per heavy atom. The highest BCUT2D eigenvalue weighted by Gasteiger charge is 2.38. The van der Waals surface area contributed by atoms with Gasteiger partial charge in [0.05, 0.1) is 24.9 Å². The third-order valence-electron chi connectivity index (χ3n) is 1.89. The van der Waals surface area contributed by atoms with E-state index in [1.54, 1.807) is 6.92 Å². The van der Waals surface area contributed by atoms with Gasteiger partial charge in [0.1, 0.15) is 6.10 Å². The first-order valence-electron chi connectivity index (χ1n) is 3.36. The molecule has 1 rings (SSSR count). The number of aliphatic hydroxyl groups is 2. The van der Waals surface area contributed by atoms with Crippen LogP contribution in [0, 0.1) is 0 Å². The fourth-order valence-electron chi connectivity index (χ4n) is 1.12. The quantitative estimate of drug-likeness (QED) is 0.420. The molecule has 4 nitrogen and oxygen atoms in total. The second-order valence-electron chi connectivity index (χ2n) is 2.63. The van der Waals surface area contributed by atoms with E-state index in [0.717, 1.165) is 0 Å². The van der Waals surface area contributed by atoms with E-state index in [4.69, 9.17) is 15.6 Å². The fourth-order valence-corrected chi connectivity index (χ4v) is 1.12. The van der Waals surface area contributed by atoms with E-state index in [1.807, 2.05) is 0 Å². The molecule has 0 aromatic carbocycles. The van der Waals surface area contributed by atoms with Gasteiger partial charge in [-0.1, -0.05) is 0 Å². The number of rotatable bonds is 1. The highest BCUT2D eigenvalue weighted by molar-refractivity contribution is 4.90. The van der Waals surface area contributed by atoms with Crippen LogP contribution in [-0.2, 0) is 4.74 Å². The van der Waals surface area contributed by atoms with Gasteiger partial charge >= 0.3 is 0 Å². The Hall–Kier alpha value is -0.160. The molecule has 1 aliphatic heterocycles. The maximum absolute atomic E-state index is 9.22. The molecule has 0 amide bonds.